The molecule has 2 aromatic carbocycles. The predicted molar refractivity (Wildman–Crippen MR) is 113 cm³/mol. The Balaban J connectivity index is 1.66. The molecule has 7 heteroatoms. The van der Waals surface area contributed by atoms with E-state index in [-0.39, 0.29) is 5.91 Å². The van der Waals surface area contributed by atoms with E-state index in [4.69, 9.17) is 9.47 Å². The van der Waals surface area contributed by atoms with E-state index in [1.807, 2.05) is 49.4 Å². The summed E-state index contributed by atoms with van der Waals surface area (Å²) in [6.07, 6.45) is 3.57. The fourth-order valence-electron chi connectivity index (χ4n) is 2.68. The van der Waals surface area contributed by atoms with Gasteiger partial charge in [-0.05, 0) is 42.3 Å². The van der Waals surface area contributed by atoms with Crippen LogP contribution in [0.4, 0.5) is 0 Å². The third-order valence-electron chi connectivity index (χ3n) is 4.13. The average Bonchev–Trinajstić information content (AvgIpc) is 3.24. The average molecular weight is 390 g/mol. The number of rotatable bonds is 7. The number of hydrazone groups is 1. The fraction of sp³-hybridized carbons (Fsp3) is 0.136. The first kappa shape index (κ1) is 19.9. The highest BCUT2D eigenvalue weighted by molar-refractivity contribution is 5.94. The van der Waals surface area contributed by atoms with Crippen molar-refractivity contribution in [2.24, 2.45) is 5.10 Å². The van der Waals surface area contributed by atoms with Crippen LogP contribution < -0.4 is 14.9 Å². The Labute approximate surface area is 169 Å². The van der Waals surface area contributed by atoms with Crippen molar-refractivity contribution in [3.05, 3.63) is 71.4 Å². The number of aromatic amines is 1. The number of hydrogen-bond acceptors (Lipinski definition) is 5. The molecule has 3 rings (SSSR count). The zero-order chi connectivity index (χ0) is 20.6. The lowest BCUT2D eigenvalue weighted by Crippen LogP contribution is -2.17. The Morgan fingerprint density at radius 3 is 2.55 bits per heavy atom. The van der Waals surface area contributed by atoms with Gasteiger partial charge in [0.25, 0.3) is 5.91 Å². The molecule has 3 aromatic rings. The number of H-pyrrole nitrogens is 1. The molecule has 0 bridgehead atoms. The quantitative estimate of drug-likeness (QED) is 0.473. The van der Waals surface area contributed by atoms with E-state index in [1.54, 1.807) is 38.6 Å². The molecule has 148 valence electrons. The lowest BCUT2D eigenvalue weighted by molar-refractivity contribution is 0.0950. The fourth-order valence-corrected chi connectivity index (χ4v) is 2.68. The van der Waals surface area contributed by atoms with Crippen molar-refractivity contribution >= 4 is 18.2 Å². The number of ether oxygens (including phenoxy) is 2. The number of methoxy groups -OCH3 is 2. The van der Waals surface area contributed by atoms with Crippen LogP contribution in [0.5, 0.6) is 11.5 Å². The molecular formula is C22H22N4O3. The monoisotopic (exact) mass is 390 g/mol. The molecule has 0 saturated heterocycles. The van der Waals surface area contributed by atoms with Crippen LogP contribution in [0.15, 0.2) is 65.3 Å². The van der Waals surface area contributed by atoms with E-state index in [1.165, 1.54) is 0 Å². The van der Waals surface area contributed by atoms with Crippen LogP contribution in [0.1, 0.15) is 23.0 Å². The van der Waals surface area contributed by atoms with Gasteiger partial charge in [-0.25, -0.2) is 5.43 Å². The molecule has 29 heavy (non-hydrogen) atoms. The summed E-state index contributed by atoms with van der Waals surface area (Å²) in [5.41, 5.74) is 6.18. The molecule has 7 nitrogen and oxygen atoms in total. The SMILES string of the molecule is COc1ccc(-c2cc(C(=O)NN=CC(C)=Cc3ccccc3)[nH]n2)cc1OC. The standard InChI is InChI=1S/C22H22N4O3/c1-15(11-16-7-5-4-6-8-16)14-23-26-22(27)19-13-18(24-25-19)17-9-10-20(28-2)21(12-17)29-3/h4-14H,1-3H3,(H,24,25)(H,26,27). The first-order chi connectivity index (χ1) is 14.1. The summed E-state index contributed by atoms with van der Waals surface area (Å²) in [7, 11) is 3.14. The molecule has 0 fully saturated rings. The van der Waals surface area contributed by atoms with Gasteiger partial charge in [0, 0.05) is 5.56 Å². The van der Waals surface area contributed by atoms with E-state index in [0.717, 1.165) is 16.7 Å². The van der Waals surface area contributed by atoms with Crippen molar-refractivity contribution in [3.63, 3.8) is 0 Å². The summed E-state index contributed by atoms with van der Waals surface area (Å²) in [5, 5.41) is 10.9. The van der Waals surface area contributed by atoms with E-state index in [2.05, 4.69) is 20.7 Å². The van der Waals surface area contributed by atoms with Gasteiger partial charge in [0.1, 0.15) is 5.69 Å². The topological polar surface area (TPSA) is 88.6 Å². The molecule has 1 aromatic heterocycles. The lowest BCUT2D eigenvalue weighted by atomic mass is 10.1. The van der Waals surface area contributed by atoms with Gasteiger partial charge in [0.2, 0.25) is 0 Å². The summed E-state index contributed by atoms with van der Waals surface area (Å²) in [4.78, 5) is 12.3. The molecule has 1 amide bonds. The number of nitrogens with one attached hydrogen (secondary N) is 2. The molecular weight excluding hydrogens is 368 g/mol. The molecule has 1 heterocycles. The smallest absolute Gasteiger partial charge is 0.289 e. The van der Waals surface area contributed by atoms with Gasteiger partial charge in [-0.3, -0.25) is 9.89 Å². The number of carbonyl (C=O) groups is 1. The highest BCUT2D eigenvalue weighted by Crippen LogP contribution is 2.31. The van der Waals surface area contributed by atoms with E-state index in [0.29, 0.717) is 22.9 Å². The summed E-state index contributed by atoms with van der Waals surface area (Å²) >= 11 is 0. The van der Waals surface area contributed by atoms with Gasteiger partial charge in [-0.15, -0.1) is 0 Å². The van der Waals surface area contributed by atoms with Gasteiger partial charge >= 0.3 is 0 Å². The molecule has 2 N–H and O–H groups in total. The zero-order valence-electron chi connectivity index (χ0n) is 16.5. The van der Waals surface area contributed by atoms with Crippen molar-refractivity contribution < 1.29 is 14.3 Å². The number of carbonyl (C=O) groups excluding carboxylic acids is 1. The van der Waals surface area contributed by atoms with Crippen LogP contribution in [0.25, 0.3) is 17.3 Å². The maximum atomic E-state index is 12.3. The molecule has 0 radical (unpaired) electrons. The first-order valence-corrected chi connectivity index (χ1v) is 8.95. The Bertz CT molecular complexity index is 1040. The van der Waals surface area contributed by atoms with Crippen LogP contribution in [-0.4, -0.2) is 36.5 Å². The molecule has 0 unspecified atom stereocenters. The normalized spacial score (nSPS) is 11.5. The maximum absolute atomic E-state index is 12.3. The van der Waals surface area contributed by atoms with Crippen LogP contribution in [0, 0.1) is 0 Å². The number of benzene rings is 2. The second kappa shape index (κ2) is 9.36. The molecule has 0 atom stereocenters. The summed E-state index contributed by atoms with van der Waals surface area (Å²) in [6.45, 7) is 1.91. The number of amides is 1. The Morgan fingerprint density at radius 2 is 1.83 bits per heavy atom. The number of aromatic nitrogens is 2. The lowest BCUT2D eigenvalue weighted by Gasteiger charge is -2.08. The van der Waals surface area contributed by atoms with Crippen molar-refractivity contribution in [1.82, 2.24) is 15.6 Å². The van der Waals surface area contributed by atoms with Crippen LogP contribution >= 0.6 is 0 Å². The van der Waals surface area contributed by atoms with Crippen molar-refractivity contribution in [2.75, 3.05) is 14.2 Å². The first-order valence-electron chi connectivity index (χ1n) is 8.95. The number of hydrogen-bond donors (Lipinski definition) is 2. The minimum absolute atomic E-state index is 0.302. The minimum Gasteiger partial charge on any atom is -0.493 e. The van der Waals surface area contributed by atoms with Crippen molar-refractivity contribution in [3.8, 4) is 22.8 Å². The van der Waals surface area contributed by atoms with Gasteiger partial charge < -0.3 is 9.47 Å². The molecule has 0 aliphatic carbocycles. The highest BCUT2D eigenvalue weighted by atomic mass is 16.5. The van der Waals surface area contributed by atoms with Crippen LogP contribution in [-0.2, 0) is 0 Å². The second-order valence-electron chi connectivity index (χ2n) is 6.23. The zero-order valence-corrected chi connectivity index (χ0v) is 16.5. The van der Waals surface area contributed by atoms with Gasteiger partial charge in [0.05, 0.1) is 26.1 Å². The largest absolute Gasteiger partial charge is 0.493 e. The van der Waals surface area contributed by atoms with Crippen LogP contribution in [0.2, 0.25) is 0 Å². The Kier molecular flexibility index (Phi) is 6.42. The summed E-state index contributed by atoms with van der Waals surface area (Å²) < 4.78 is 10.5. The van der Waals surface area contributed by atoms with Crippen LogP contribution in [0.3, 0.4) is 0 Å². The molecule has 0 spiro atoms. The third-order valence-corrected chi connectivity index (χ3v) is 4.13. The van der Waals surface area contributed by atoms with E-state index < -0.39 is 0 Å². The van der Waals surface area contributed by atoms with Gasteiger partial charge in [-0.2, -0.15) is 10.2 Å². The summed E-state index contributed by atoms with van der Waals surface area (Å²) in [5.74, 6) is 0.829. The van der Waals surface area contributed by atoms with Crippen molar-refractivity contribution in [2.45, 2.75) is 6.92 Å². The molecule has 0 aliphatic heterocycles. The van der Waals surface area contributed by atoms with E-state index >= 15 is 0 Å². The van der Waals surface area contributed by atoms with Crippen molar-refractivity contribution in [1.29, 1.82) is 0 Å². The minimum atomic E-state index is -0.381. The number of nitrogens with zero attached hydrogens (tertiary/aromatic N) is 2. The Hall–Kier alpha value is -3.87. The molecule has 0 saturated carbocycles. The summed E-state index contributed by atoms with van der Waals surface area (Å²) in [6, 6.07) is 17.0. The number of allylic oxidation sites excluding steroid dienone is 1. The van der Waals surface area contributed by atoms with Gasteiger partial charge in [0.15, 0.2) is 11.5 Å². The maximum Gasteiger partial charge on any atom is 0.289 e. The van der Waals surface area contributed by atoms with Gasteiger partial charge in [-0.1, -0.05) is 36.4 Å². The van der Waals surface area contributed by atoms with E-state index in [9.17, 15) is 4.79 Å². The predicted octanol–water partition coefficient (Wildman–Crippen LogP) is 3.91. The second-order valence-corrected chi connectivity index (χ2v) is 6.23. The Morgan fingerprint density at radius 1 is 1.07 bits per heavy atom. The third kappa shape index (κ3) is 5.10. The highest BCUT2D eigenvalue weighted by Gasteiger charge is 2.12. The molecule has 0 aliphatic rings.